The van der Waals surface area contributed by atoms with Crippen molar-refractivity contribution in [1.29, 1.82) is 0 Å². The van der Waals surface area contributed by atoms with Gasteiger partial charge in [-0.1, -0.05) is 55.0 Å². The van der Waals surface area contributed by atoms with E-state index in [2.05, 4.69) is 10.3 Å². The Bertz CT molecular complexity index is 979. The first kappa shape index (κ1) is 19.8. The van der Waals surface area contributed by atoms with Gasteiger partial charge in [0.1, 0.15) is 10.7 Å². The van der Waals surface area contributed by atoms with Crippen LogP contribution in [0.2, 0.25) is 0 Å². The zero-order valence-corrected chi connectivity index (χ0v) is 17.0. The highest BCUT2D eigenvalue weighted by molar-refractivity contribution is 7.13. The molecular formula is C22H23N3O2S. The molecule has 0 saturated heterocycles. The molecule has 1 N–H and O–H groups in total. The summed E-state index contributed by atoms with van der Waals surface area (Å²) < 4.78 is 0. The molecule has 0 aliphatic rings. The van der Waals surface area contributed by atoms with Gasteiger partial charge in [0.05, 0.1) is 6.54 Å². The Morgan fingerprint density at radius 3 is 2.54 bits per heavy atom. The highest BCUT2D eigenvalue weighted by Gasteiger charge is 2.19. The van der Waals surface area contributed by atoms with Crippen molar-refractivity contribution in [1.82, 2.24) is 9.88 Å². The summed E-state index contributed by atoms with van der Waals surface area (Å²) in [6.07, 6.45) is 0.825. The van der Waals surface area contributed by atoms with Crippen molar-refractivity contribution >= 4 is 28.8 Å². The van der Waals surface area contributed by atoms with E-state index in [0.29, 0.717) is 5.69 Å². The molecule has 6 heteroatoms. The predicted molar refractivity (Wildman–Crippen MR) is 114 cm³/mol. The van der Waals surface area contributed by atoms with E-state index in [1.165, 1.54) is 21.8 Å². The Kier molecular flexibility index (Phi) is 6.21. The zero-order chi connectivity index (χ0) is 20.1. The lowest BCUT2D eigenvalue weighted by Crippen LogP contribution is -2.35. The molecule has 28 heavy (non-hydrogen) atoms. The second-order valence-corrected chi connectivity index (χ2v) is 7.48. The summed E-state index contributed by atoms with van der Waals surface area (Å²) in [5.74, 6) is -0.501. The van der Waals surface area contributed by atoms with Gasteiger partial charge in [-0.2, -0.15) is 0 Å². The summed E-state index contributed by atoms with van der Waals surface area (Å²) in [7, 11) is 1.61. The average molecular weight is 394 g/mol. The summed E-state index contributed by atoms with van der Waals surface area (Å²) in [5, 5.41) is 5.41. The number of thiazole rings is 1. The lowest BCUT2D eigenvalue weighted by Gasteiger charge is -2.16. The molecule has 0 bridgehead atoms. The Labute approximate surface area is 169 Å². The van der Waals surface area contributed by atoms with E-state index in [0.717, 1.165) is 28.2 Å². The first-order valence-electron chi connectivity index (χ1n) is 9.13. The molecule has 3 aromatic rings. The van der Waals surface area contributed by atoms with Crippen molar-refractivity contribution in [2.75, 3.05) is 18.9 Å². The molecule has 0 aliphatic carbocycles. The van der Waals surface area contributed by atoms with E-state index in [4.69, 9.17) is 0 Å². The van der Waals surface area contributed by atoms with Crippen LogP contribution in [0.1, 0.15) is 28.5 Å². The first-order valence-corrected chi connectivity index (χ1v) is 10.0. The number of rotatable bonds is 6. The van der Waals surface area contributed by atoms with Crippen molar-refractivity contribution in [3.8, 4) is 10.6 Å². The smallest absolute Gasteiger partial charge is 0.273 e. The fourth-order valence-corrected chi connectivity index (χ4v) is 3.62. The van der Waals surface area contributed by atoms with E-state index in [-0.39, 0.29) is 18.4 Å². The number of benzene rings is 2. The van der Waals surface area contributed by atoms with Crippen LogP contribution in [0.15, 0.2) is 53.9 Å². The van der Waals surface area contributed by atoms with Crippen LogP contribution in [-0.4, -0.2) is 35.3 Å². The Morgan fingerprint density at radius 1 is 1.11 bits per heavy atom. The predicted octanol–water partition coefficient (Wildman–Crippen LogP) is 4.39. The third-order valence-corrected chi connectivity index (χ3v) is 5.31. The zero-order valence-electron chi connectivity index (χ0n) is 16.2. The number of amides is 2. The molecule has 0 spiro atoms. The SMILES string of the molecule is CCc1ccccc1NC(=O)CN(C)C(=O)c1csc(-c2ccc(C)cc2)n1. The third kappa shape index (κ3) is 4.64. The number of likely N-dealkylation sites (N-methyl/N-ethyl adjacent to an activating group) is 1. The minimum absolute atomic E-state index is 0.0335. The maximum Gasteiger partial charge on any atom is 0.273 e. The molecule has 0 saturated carbocycles. The largest absolute Gasteiger partial charge is 0.331 e. The van der Waals surface area contributed by atoms with Gasteiger partial charge in [0, 0.05) is 23.7 Å². The molecule has 144 valence electrons. The molecule has 0 radical (unpaired) electrons. The number of carbonyl (C=O) groups excluding carboxylic acids is 2. The van der Waals surface area contributed by atoms with Gasteiger partial charge in [-0.05, 0) is 25.0 Å². The van der Waals surface area contributed by atoms with Gasteiger partial charge in [-0.25, -0.2) is 4.98 Å². The second-order valence-electron chi connectivity index (χ2n) is 6.62. The van der Waals surface area contributed by atoms with Gasteiger partial charge in [0.25, 0.3) is 5.91 Å². The molecule has 0 atom stereocenters. The van der Waals surface area contributed by atoms with Gasteiger partial charge in [0.15, 0.2) is 0 Å². The Balaban J connectivity index is 1.64. The van der Waals surface area contributed by atoms with Crippen LogP contribution in [0.4, 0.5) is 5.69 Å². The van der Waals surface area contributed by atoms with Crippen LogP contribution in [0, 0.1) is 6.92 Å². The Hall–Kier alpha value is -2.99. The summed E-state index contributed by atoms with van der Waals surface area (Å²) in [6, 6.07) is 15.7. The van der Waals surface area contributed by atoms with Crippen molar-refractivity contribution < 1.29 is 9.59 Å². The van der Waals surface area contributed by atoms with Gasteiger partial charge in [-0.3, -0.25) is 9.59 Å². The topological polar surface area (TPSA) is 62.3 Å². The number of para-hydroxylation sites is 1. The van der Waals surface area contributed by atoms with Crippen molar-refractivity contribution in [3.63, 3.8) is 0 Å². The standard InChI is InChI=1S/C22H23N3O2S/c1-4-16-7-5-6-8-18(16)23-20(26)13-25(3)22(27)19-14-28-21(24-19)17-11-9-15(2)10-12-17/h5-12,14H,4,13H2,1-3H3,(H,23,26). The first-order chi connectivity index (χ1) is 13.5. The molecule has 1 heterocycles. The summed E-state index contributed by atoms with van der Waals surface area (Å²) in [4.78, 5) is 30.8. The molecule has 2 aromatic carbocycles. The quantitative estimate of drug-likeness (QED) is 0.675. The average Bonchev–Trinajstić information content (AvgIpc) is 3.18. The maximum atomic E-state index is 12.6. The lowest BCUT2D eigenvalue weighted by atomic mass is 10.1. The molecule has 5 nitrogen and oxygen atoms in total. The number of nitrogens with one attached hydrogen (secondary N) is 1. The van der Waals surface area contributed by atoms with E-state index >= 15 is 0 Å². The van der Waals surface area contributed by atoms with Gasteiger partial charge >= 0.3 is 0 Å². The minimum Gasteiger partial charge on any atom is -0.331 e. The molecule has 2 amide bonds. The number of anilines is 1. The van der Waals surface area contributed by atoms with E-state index in [9.17, 15) is 9.59 Å². The maximum absolute atomic E-state index is 12.6. The number of hydrogen-bond acceptors (Lipinski definition) is 4. The molecule has 1 aromatic heterocycles. The number of nitrogens with zero attached hydrogens (tertiary/aromatic N) is 2. The molecule has 3 rings (SSSR count). The van der Waals surface area contributed by atoms with E-state index in [1.807, 2.05) is 62.4 Å². The van der Waals surface area contributed by atoms with E-state index in [1.54, 1.807) is 12.4 Å². The number of carbonyl (C=O) groups is 2. The van der Waals surface area contributed by atoms with Gasteiger partial charge in [-0.15, -0.1) is 11.3 Å². The van der Waals surface area contributed by atoms with E-state index < -0.39 is 0 Å². The van der Waals surface area contributed by atoms with Crippen LogP contribution >= 0.6 is 11.3 Å². The molecular weight excluding hydrogens is 370 g/mol. The van der Waals surface area contributed by atoms with Crippen LogP contribution in [-0.2, 0) is 11.2 Å². The van der Waals surface area contributed by atoms with Crippen molar-refractivity contribution in [3.05, 3.63) is 70.7 Å². The summed E-state index contributed by atoms with van der Waals surface area (Å²) in [5.41, 5.74) is 4.35. The second kappa shape index (κ2) is 8.80. The fraction of sp³-hybridized carbons (Fsp3) is 0.227. The number of aromatic nitrogens is 1. The number of hydrogen-bond donors (Lipinski definition) is 1. The highest BCUT2D eigenvalue weighted by Crippen LogP contribution is 2.24. The molecule has 0 aliphatic heterocycles. The highest BCUT2D eigenvalue weighted by atomic mass is 32.1. The van der Waals surface area contributed by atoms with Crippen LogP contribution in [0.25, 0.3) is 10.6 Å². The van der Waals surface area contributed by atoms with Crippen LogP contribution < -0.4 is 5.32 Å². The van der Waals surface area contributed by atoms with Crippen molar-refractivity contribution in [2.45, 2.75) is 20.3 Å². The normalized spacial score (nSPS) is 10.5. The fourth-order valence-electron chi connectivity index (χ4n) is 2.82. The molecule has 0 fully saturated rings. The Morgan fingerprint density at radius 2 is 1.82 bits per heavy atom. The van der Waals surface area contributed by atoms with Crippen LogP contribution in [0.3, 0.4) is 0 Å². The molecule has 0 unspecified atom stereocenters. The third-order valence-electron chi connectivity index (χ3n) is 4.42. The van der Waals surface area contributed by atoms with Crippen LogP contribution in [0.5, 0.6) is 0 Å². The van der Waals surface area contributed by atoms with Crippen molar-refractivity contribution in [2.24, 2.45) is 0 Å². The monoisotopic (exact) mass is 393 g/mol. The minimum atomic E-state index is -0.270. The van der Waals surface area contributed by atoms with Gasteiger partial charge < -0.3 is 10.2 Å². The van der Waals surface area contributed by atoms with Gasteiger partial charge in [0.2, 0.25) is 5.91 Å². The number of aryl methyl sites for hydroxylation is 2. The summed E-state index contributed by atoms with van der Waals surface area (Å²) in [6.45, 7) is 4.03. The lowest BCUT2D eigenvalue weighted by molar-refractivity contribution is -0.116. The summed E-state index contributed by atoms with van der Waals surface area (Å²) >= 11 is 1.42.